The third-order valence-electron chi connectivity index (χ3n) is 4.99. The fourth-order valence-electron chi connectivity index (χ4n) is 3.09. The molecule has 0 saturated carbocycles. The van der Waals surface area contributed by atoms with Crippen LogP contribution in [0.5, 0.6) is 11.6 Å². The molecule has 0 aliphatic heterocycles. The van der Waals surface area contributed by atoms with Crippen LogP contribution in [0.2, 0.25) is 5.02 Å². The smallest absolute Gasteiger partial charge is 0.417 e. The van der Waals surface area contributed by atoms with Gasteiger partial charge in [-0.25, -0.2) is 19.7 Å². The van der Waals surface area contributed by atoms with E-state index < -0.39 is 22.8 Å². The highest BCUT2D eigenvalue weighted by Gasteiger charge is 2.33. The SMILES string of the molecule is Cc1ncn(-c2cc(Oc3ccc(NC(=O)Nc4ccc(Cl)c(C(F)(F)F)c4)cc3)ncn2)c1C. The Hall–Kier alpha value is -4.12. The van der Waals surface area contributed by atoms with Gasteiger partial charge < -0.3 is 15.4 Å². The molecule has 0 radical (unpaired) electrons. The lowest BCUT2D eigenvalue weighted by atomic mass is 10.2. The van der Waals surface area contributed by atoms with Crippen LogP contribution in [0.1, 0.15) is 17.0 Å². The van der Waals surface area contributed by atoms with Crippen LogP contribution in [0.4, 0.5) is 29.3 Å². The van der Waals surface area contributed by atoms with Crippen molar-refractivity contribution in [1.29, 1.82) is 0 Å². The largest absolute Gasteiger partial charge is 0.439 e. The molecule has 35 heavy (non-hydrogen) atoms. The third kappa shape index (κ3) is 5.69. The first kappa shape index (κ1) is 24.0. The minimum absolute atomic E-state index is 0.0536. The number of aryl methyl sites for hydroxylation is 1. The fraction of sp³-hybridized carbons (Fsp3) is 0.130. The highest BCUT2D eigenvalue weighted by molar-refractivity contribution is 6.31. The normalized spacial score (nSPS) is 11.3. The van der Waals surface area contributed by atoms with Crippen molar-refractivity contribution >= 4 is 29.0 Å². The van der Waals surface area contributed by atoms with E-state index in [0.717, 1.165) is 23.5 Å². The lowest BCUT2D eigenvalue weighted by molar-refractivity contribution is -0.137. The number of carbonyl (C=O) groups excluding carboxylic acids is 1. The van der Waals surface area contributed by atoms with E-state index in [0.29, 0.717) is 23.1 Å². The molecule has 2 aromatic heterocycles. The maximum atomic E-state index is 13.0. The summed E-state index contributed by atoms with van der Waals surface area (Å²) < 4.78 is 46.6. The van der Waals surface area contributed by atoms with Gasteiger partial charge in [-0.1, -0.05) is 11.6 Å². The minimum atomic E-state index is -4.64. The van der Waals surface area contributed by atoms with Crippen molar-refractivity contribution in [2.45, 2.75) is 20.0 Å². The number of aromatic nitrogens is 4. The Morgan fingerprint density at radius 3 is 2.31 bits per heavy atom. The van der Waals surface area contributed by atoms with E-state index in [4.69, 9.17) is 16.3 Å². The first-order valence-electron chi connectivity index (χ1n) is 10.2. The van der Waals surface area contributed by atoms with Gasteiger partial charge in [0.2, 0.25) is 5.88 Å². The molecule has 0 fully saturated rings. The number of hydrogen-bond acceptors (Lipinski definition) is 5. The van der Waals surface area contributed by atoms with E-state index in [1.807, 2.05) is 18.4 Å². The van der Waals surface area contributed by atoms with Crippen LogP contribution in [0.25, 0.3) is 5.82 Å². The van der Waals surface area contributed by atoms with Gasteiger partial charge in [-0.05, 0) is 56.3 Å². The molecule has 0 unspecified atom stereocenters. The molecule has 2 amide bonds. The fourth-order valence-corrected chi connectivity index (χ4v) is 3.31. The van der Waals surface area contributed by atoms with Gasteiger partial charge in [0, 0.05) is 23.1 Å². The maximum Gasteiger partial charge on any atom is 0.417 e. The van der Waals surface area contributed by atoms with Crippen LogP contribution in [0.15, 0.2) is 61.2 Å². The van der Waals surface area contributed by atoms with Crippen molar-refractivity contribution in [3.63, 3.8) is 0 Å². The molecular formula is C23H18ClF3N6O2. The van der Waals surface area contributed by atoms with Crippen LogP contribution < -0.4 is 15.4 Å². The Bertz CT molecular complexity index is 1370. The number of halogens is 4. The maximum absolute atomic E-state index is 13.0. The molecule has 4 aromatic rings. The first-order valence-corrected chi connectivity index (χ1v) is 10.5. The highest BCUT2D eigenvalue weighted by Crippen LogP contribution is 2.36. The molecule has 12 heteroatoms. The van der Waals surface area contributed by atoms with Gasteiger partial charge in [0.05, 0.1) is 16.3 Å². The number of urea groups is 1. The Morgan fingerprint density at radius 1 is 0.971 bits per heavy atom. The lowest BCUT2D eigenvalue weighted by Gasteiger charge is -2.12. The summed E-state index contributed by atoms with van der Waals surface area (Å²) in [6.45, 7) is 3.82. The Labute approximate surface area is 202 Å². The standard InChI is InChI=1S/C23H18ClF3N6O2/c1-13-14(2)33(12-30-13)20-10-21(29-11-28-20)35-17-6-3-15(4-7-17)31-22(34)32-16-5-8-19(24)18(9-16)23(25,26)27/h3-12H,1-2H3,(H2,31,32,34). The number of nitrogens with zero attached hydrogens (tertiary/aromatic N) is 4. The van der Waals surface area contributed by atoms with Gasteiger partial charge in [-0.2, -0.15) is 13.2 Å². The molecule has 0 aliphatic carbocycles. The topological polar surface area (TPSA) is 94.0 Å². The molecule has 0 spiro atoms. The van der Waals surface area contributed by atoms with Gasteiger partial charge >= 0.3 is 12.2 Å². The summed E-state index contributed by atoms with van der Waals surface area (Å²) in [5, 5.41) is 4.43. The van der Waals surface area contributed by atoms with Crippen LogP contribution in [-0.4, -0.2) is 25.6 Å². The Kier molecular flexibility index (Phi) is 6.61. The summed E-state index contributed by atoms with van der Waals surface area (Å²) in [6.07, 6.45) is -1.60. The minimum Gasteiger partial charge on any atom is -0.439 e. The van der Waals surface area contributed by atoms with Crippen molar-refractivity contribution in [2.75, 3.05) is 10.6 Å². The number of benzene rings is 2. The number of carbonyl (C=O) groups is 1. The zero-order valence-electron chi connectivity index (χ0n) is 18.4. The second kappa shape index (κ2) is 9.63. The van der Waals surface area contributed by atoms with Crippen LogP contribution >= 0.6 is 11.6 Å². The van der Waals surface area contributed by atoms with Crippen LogP contribution in [-0.2, 0) is 6.18 Å². The van der Waals surface area contributed by atoms with Crippen molar-refractivity contribution < 1.29 is 22.7 Å². The average Bonchev–Trinajstić information content (AvgIpc) is 3.14. The second-order valence-corrected chi connectivity index (χ2v) is 7.80. The van der Waals surface area contributed by atoms with Crippen molar-refractivity contribution in [3.8, 4) is 17.4 Å². The zero-order valence-corrected chi connectivity index (χ0v) is 19.1. The Balaban J connectivity index is 1.40. The van der Waals surface area contributed by atoms with E-state index in [1.165, 1.54) is 12.4 Å². The number of hydrogen-bond donors (Lipinski definition) is 2. The monoisotopic (exact) mass is 502 g/mol. The number of imidazole rings is 1. The lowest BCUT2D eigenvalue weighted by Crippen LogP contribution is -2.19. The van der Waals surface area contributed by atoms with Gasteiger partial charge in [0.1, 0.15) is 24.2 Å². The molecular weight excluding hydrogens is 485 g/mol. The quantitative estimate of drug-likeness (QED) is 0.330. The number of amides is 2. The van der Waals surface area contributed by atoms with E-state index in [-0.39, 0.29) is 5.69 Å². The summed E-state index contributed by atoms with van der Waals surface area (Å²) in [7, 11) is 0. The zero-order chi connectivity index (χ0) is 25.2. The molecule has 180 valence electrons. The molecule has 2 aromatic carbocycles. The molecule has 0 bridgehead atoms. The van der Waals surface area contributed by atoms with Crippen molar-refractivity contribution in [2.24, 2.45) is 0 Å². The number of alkyl halides is 3. The van der Waals surface area contributed by atoms with Gasteiger partial charge in [-0.15, -0.1) is 0 Å². The average molecular weight is 503 g/mol. The van der Waals surface area contributed by atoms with Crippen LogP contribution in [0, 0.1) is 13.8 Å². The van der Waals surface area contributed by atoms with E-state index >= 15 is 0 Å². The predicted octanol–water partition coefficient (Wildman–Crippen LogP) is 6.39. The summed E-state index contributed by atoms with van der Waals surface area (Å²) in [5.74, 6) is 1.35. The third-order valence-corrected chi connectivity index (χ3v) is 5.32. The number of anilines is 2. The van der Waals surface area contributed by atoms with Gasteiger partial charge in [0.15, 0.2) is 0 Å². The molecule has 0 saturated heterocycles. The van der Waals surface area contributed by atoms with Crippen molar-refractivity contribution in [3.05, 3.63) is 83.2 Å². The van der Waals surface area contributed by atoms with E-state index in [2.05, 4.69) is 25.6 Å². The van der Waals surface area contributed by atoms with Gasteiger partial charge in [0.25, 0.3) is 0 Å². The summed E-state index contributed by atoms with van der Waals surface area (Å²) >= 11 is 5.60. The molecule has 0 atom stereocenters. The predicted molar refractivity (Wildman–Crippen MR) is 124 cm³/mol. The molecule has 8 nitrogen and oxygen atoms in total. The first-order chi connectivity index (χ1) is 16.6. The summed E-state index contributed by atoms with van der Waals surface area (Å²) in [5.41, 5.74) is 1.13. The Morgan fingerprint density at radius 2 is 1.66 bits per heavy atom. The number of nitrogens with one attached hydrogen (secondary N) is 2. The molecule has 0 aliphatic rings. The van der Waals surface area contributed by atoms with Gasteiger partial charge in [-0.3, -0.25) is 4.57 Å². The number of rotatable bonds is 5. The second-order valence-electron chi connectivity index (χ2n) is 7.40. The number of ether oxygens (including phenoxy) is 1. The van der Waals surface area contributed by atoms with E-state index in [9.17, 15) is 18.0 Å². The molecule has 4 rings (SSSR count). The van der Waals surface area contributed by atoms with E-state index in [1.54, 1.807) is 36.7 Å². The van der Waals surface area contributed by atoms with Crippen molar-refractivity contribution in [1.82, 2.24) is 19.5 Å². The molecule has 2 heterocycles. The highest BCUT2D eigenvalue weighted by atomic mass is 35.5. The summed E-state index contributed by atoms with van der Waals surface area (Å²) in [4.78, 5) is 24.8. The van der Waals surface area contributed by atoms with Crippen LogP contribution in [0.3, 0.4) is 0 Å². The summed E-state index contributed by atoms with van der Waals surface area (Å²) in [6, 6.07) is 10.4. The molecule has 2 N–H and O–H groups in total.